The molecule has 0 radical (unpaired) electrons. The lowest BCUT2D eigenvalue weighted by Crippen LogP contribution is -2.46. The molecule has 0 unspecified atom stereocenters. The van der Waals surface area contributed by atoms with Gasteiger partial charge in [-0.15, -0.1) is 0 Å². The second-order valence-electron chi connectivity index (χ2n) is 7.38. The Morgan fingerprint density at radius 3 is 2.60 bits per heavy atom. The number of anilines is 1. The number of ether oxygens (including phenoxy) is 1. The van der Waals surface area contributed by atoms with Gasteiger partial charge in [-0.05, 0) is 57.1 Å². The Kier molecular flexibility index (Phi) is 6.38. The maximum absolute atomic E-state index is 12.4. The van der Waals surface area contributed by atoms with Gasteiger partial charge in [0.15, 0.2) is 5.17 Å². The summed E-state index contributed by atoms with van der Waals surface area (Å²) in [7, 11) is 0. The fourth-order valence-corrected chi connectivity index (χ4v) is 3.65. The summed E-state index contributed by atoms with van der Waals surface area (Å²) in [6, 6.07) is 8.00. The van der Waals surface area contributed by atoms with Crippen molar-refractivity contribution in [1.29, 1.82) is 5.41 Å². The smallest absolute Gasteiger partial charge is 0.408 e. The van der Waals surface area contributed by atoms with Crippen molar-refractivity contribution in [1.82, 2.24) is 5.32 Å². The minimum absolute atomic E-state index is 0.373. The second-order valence-corrected chi connectivity index (χ2v) is 8.66. The number of hydrogen-bond donors (Lipinski definition) is 3. The molecule has 25 heavy (non-hydrogen) atoms. The van der Waals surface area contributed by atoms with Crippen LogP contribution in [0, 0.1) is 5.41 Å². The molecule has 0 saturated heterocycles. The predicted octanol–water partition coefficient (Wildman–Crippen LogP) is 5.08. The number of nitrogens with one attached hydrogen (secondary N) is 3. The van der Waals surface area contributed by atoms with Gasteiger partial charge in [0.25, 0.3) is 0 Å². The fourth-order valence-electron chi connectivity index (χ4n) is 3.17. The minimum atomic E-state index is -0.514. The van der Waals surface area contributed by atoms with E-state index in [2.05, 4.69) is 10.6 Å². The van der Waals surface area contributed by atoms with Crippen LogP contribution < -0.4 is 10.6 Å². The van der Waals surface area contributed by atoms with Crippen LogP contribution >= 0.6 is 11.8 Å². The van der Waals surface area contributed by atoms with Gasteiger partial charge in [0, 0.05) is 5.69 Å². The molecule has 0 heterocycles. The first-order chi connectivity index (χ1) is 11.7. The number of hydrogen-bond acceptors (Lipinski definition) is 4. The van der Waals surface area contributed by atoms with Gasteiger partial charge in [-0.2, -0.15) is 0 Å². The summed E-state index contributed by atoms with van der Waals surface area (Å²) in [6.07, 6.45) is 3.58. The van der Waals surface area contributed by atoms with Crippen LogP contribution in [0.5, 0.6) is 0 Å². The predicted molar refractivity (Wildman–Crippen MR) is 105 cm³/mol. The molecule has 138 valence electrons. The monoisotopic (exact) mass is 363 g/mol. The van der Waals surface area contributed by atoms with Crippen molar-refractivity contribution in [3.8, 4) is 0 Å². The molecule has 1 fully saturated rings. The van der Waals surface area contributed by atoms with E-state index in [9.17, 15) is 4.79 Å². The topological polar surface area (TPSA) is 74.2 Å². The summed E-state index contributed by atoms with van der Waals surface area (Å²) in [5, 5.41) is 14.6. The van der Waals surface area contributed by atoms with E-state index in [0.29, 0.717) is 5.17 Å². The molecular weight excluding hydrogens is 334 g/mol. The van der Waals surface area contributed by atoms with E-state index in [1.807, 2.05) is 52.0 Å². The van der Waals surface area contributed by atoms with Crippen LogP contribution in [0.3, 0.4) is 0 Å². The SMILES string of the molecule is CCSC(=N)Nc1cccc(C2(NC(=O)OC(C)(C)C)CCCC2)c1. The maximum Gasteiger partial charge on any atom is 0.408 e. The second kappa shape index (κ2) is 8.13. The molecule has 0 atom stereocenters. The highest BCUT2D eigenvalue weighted by Gasteiger charge is 2.38. The maximum atomic E-state index is 12.4. The summed E-state index contributed by atoms with van der Waals surface area (Å²) in [4.78, 5) is 12.4. The molecule has 1 aliphatic rings. The first kappa shape index (κ1) is 19.6. The largest absolute Gasteiger partial charge is 0.444 e. The Bertz CT molecular complexity index is 619. The van der Waals surface area contributed by atoms with Gasteiger partial charge in [-0.3, -0.25) is 5.41 Å². The van der Waals surface area contributed by atoms with E-state index >= 15 is 0 Å². The molecule has 0 aromatic heterocycles. The van der Waals surface area contributed by atoms with Gasteiger partial charge < -0.3 is 15.4 Å². The van der Waals surface area contributed by atoms with E-state index in [4.69, 9.17) is 10.1 Å². The zero-order chi connectivity index (χ0) is 18.5. The number of carbonyl (C=O) groups is 1. The summed E-state index contributed by atoms with van der Waals surface area (Å²) in [5.41, 5.74) is 1.04. The van der Waals surface area contributed by atoms with Crippen LogP contribution in [0.15, 0.2) is 24.3 Å². The average molecular weight is 364 g/mol. The van der Waals surface area contributed by atoms with E-state index in [1.165, 1.54) is 11.8 Å². The standard InChI is InChI=1S/C19H29N3O2S/c1-5-25-16(20)21-15-10-8-9-14(13-15)19(11-6-7-12-19)22-17(23)24-18(2,3)4/h8-10,13H,5-7,11-12H2,1-4H3,(H2,20,21)(H,22,23). The highest BCUT2D eigenvalue weighted by atomic mass is 32.2. The lowest BCUT2D eigenvalue weighted by atomic mass is 9.88. The average Bonchev–Trinajstić information content (AvgIpc) is 2.95. The Morgan fingerprint density at radius 2 is 2.00 bits per heavy atom. The normalized spacial score (nSPS) is 16.3. The number of alkyl carbamates (subject to hydrolysis) is 1. The third kappa shape index (κ3) is 5.66. The fraction of sp³-hybridized carbons (Fsp3) is 0.579. The van der Waals surface area contributed by atoms with Crippen LogP contribution in [0.4, 0.5) is 10.5 Å². The minimum Gasteiger partial charge on any atom is -0.444 e. The van der Waals surface area contributed by atoms with Crippen LogP contribution in [0.25, 0.3) is 0 Å². The number of thioether (sulfide) groups is 1. The van der Waals surface area contributed by atoms with Crippen molar-refractivity contribution in [3.63, 3.8) is 0 Å². The number of amidine groups is 1. The molecule has 0 spiro atoms. The summed E-state index contributed by atoms with van der Waals surface area (Å²) < 4.78 is 5.47. The molecule has 3 N–H and O–H groups in total. The molecule has 1 aromatic rings. The highest BCUT2D eigenvalue weighted by molar-refractivity contribution is 8.14. The first-order valence-electron chi connectivity index (χ1n) is 8.84. The summed E-state index contributed by atoms with van der Waals surface area (Å²) in [6.45, 7) is 7.63. The highest BCUT2D eigenvalue weighted by Crippen LogP contribution is 2.39. The number of rotatable bonds is 4. The lowest BCUT2D eigenvalue weighted by Gasteiger charge is -2.32. The van der Waals surface area contributed by atoms with Crippen LogP contribution in [0.1, 0.15) is 58.9 Å². The Balaban J connectivity index is 2.19. The number of carbonyl (C=O) groups excluding carboxylic acids is 1. The number of benzene rings is 1. The zero-order valence-corrected chi connectivity index (χ0v) is 16.4. The first-order valence-corrected chi connectivity index (χ1v) is 9.83. The Hall–Kier alpha value is -1.69. The molecule has 1 aliphatic carbocycles. The van der Waals surface area contributed by atoms with E-state index in [1.54, 1.807) is 0 Å². The molecule has 0 aliphatic heterocycles. The molecule has 6 heteroatoms. The van der Waals surface area contributed by atoms with E-state index < -0.39 is 5.60 Å². The Labute approximate surface area is 154 Å². The molecular formula is C19H29N3O2S. The van der Waals surface area contributed by atoms with Crippen molar-refractivity contribution in [2.75, 3.05) is 11.1 Å². The summed E-state index contributed by atoms with van der Waals surface area (Å²) >= 11 is 1.46. The van der Waals surface area contributed by atoms with Crippen molar-refractivity contribution in [2.24, 2.45) is 0 Å². The molecule has 2 rings (SSSR count). The van der Waals surface area contributed by atoms with Gasteiger partial charge in [-0.25, -0.2) is 4.79 Å². The van der Waals surface area contributed by atoms with Crippen molar-refractivity contribution in [3.05, 3.63) is 29.8 Å². The third-order valence-corrected chi connectivity index (χ3v) is 4.84. The van der Waals surface area contributed by atoms with Gasteiger partial charge in [-0.1, -0.05) is 43.7 Å². The van der Waals surface area contributed by atoms with E-state index in [0.717, 1.165) is 42.7 Å². The van der Waals surface area contributed by atoms with E-state index in [-0.39, 0.29) is 11.6 Å². The van der Waals surface area contributed by atoms with Crippen molar-refractivity contribution in [2.45, 2.75) is 64.5 Å². The molecule has 5 nitrogen and oxygen atoms in total. The summed E-state index contributed by atoms with van der Waals surface area (Å²) in [5.74, 6) is 0.857. The molecule has 0 bridgehead atoms. The van der Waals surface area contributed by atoms with Gasteiger partial charge in [0.2, 0.25) is 0 Å². The lowest BCUT2D eigenvalue weighted by molar-refractivity contribution is 0.0453. The third-order valence-electron chi connectivity index (χ3n) is 4.16. The molecule has 1 aromatic carbocycles. The van der Waals surface area contributed by atoms with Gasteiger partial charge >= 0.3 is 6.09 Å². The molecule has 1 amide bonds. The Morgan fingerprint density at radius 1 is 1.32 bits per heavy atom. The van der Waals surface area contributed by atoms with Crippen molar-refractivity contribution >= 4 is 28.7 Å². The van der Waals surface area contributed by atoms with Crippen molar-refractivity contribution < 1.29 is 9.53 Å². The number of amides is 1. The van der Waals surface area contributed by atoms with Gasteiger partial charge in [0.1, 0.15) is 5.60 Å². The van der Waals surface area contributed by atoms with Gasteiger partial charge in [0.05, 0.1) is 5.54 Å². The van der Waals surface area contributed by atoms with Crippen LogP contribution in [-0.4, -0.2) is 22.6 Å². The zero-order valence-electron chi connectivity index (χ0n) is 15.6. The molecule has 1 saturated carbocycles. The van der Waals surface area contributed by atoms with Crippen LogP contribution in [0.2, 0.25) is 0 Å². The quantitative estimate of drug-likeness (QED) is 0.515. The van der Waals surface area contributed by atoms with Crippen LogP contribution in [-0.2, 0) is 10.3 Å².